The monoisotopic (exact) mass is 219 g/mol. The Labute approximate surface area is 86.6 Å². The molecule has 0 unspecified atom stereocenters. The maximum atomic E-state index is 11.2. The van der Waals surface area contributed by atoms with Gasteiger partial charge in [0.05, 0.1) is 12.1 Å². The number of ketones is 2. The molecule has 0 rings (SSSR count). The quantitative estimate of drug-likeness (QED) is 0.292. The zero-order chi connectivity index (χ0) is 11.3. The number of hydrogen-bond acceptors (Lipinski definition) is 6. The summed E-state index contributed by atoms with van der Waals surface area (Å²) in [5, 5.41) is 0. The molecule has 0 aromatic carbocycles. The van der Waals surface area contributed by atoms with E-state index in [1.807, 2.05) is 0 Å². The fourth-order valence-corrected chi connectivity index (χ4v) is 0.924. The van der Waals surface area contributed by atoms with Crippen molar-refractivity contribution in [3.05, 3.63) is 0 Å². The van der Waals surface area contributed by atoms with Crippen LogP contribution in [-0.4, -0.2) is 35.3 Å². The van der Waals surface area contributed by atoms with Gasteiger partial charge in [0, 0.05) is 12.2 Å². The number of carbonyl (C=O) groups is 3. The molecule has 0 aliphatic heterocycles. The fourth-order valence-electron chi connectivity index (χ4n) is 0.758. The van der Waals surface area contributed by atoms with Crippen LogP contribution in [0, 0.1) is 0 Å². The number of Topliss-reactive ketones (excluding diaryl/α,β-unsaturated/α-hetero) is 2. The SMILES string of the molecule is NC(=O)C[C@H](N)C(=O)C(=O)[C@@H](N)CS. The largest absolute Gasteiger partial charge is 0.370 e. The molecule has 0 saturated carbocycles. The topological polar surface area (TPSA) is 129 Å². The normalized spacial score (nSPS) is 14.5. The van der Waals surface area contributed by atoms with Crippen LogP contribution in [0.1, 0.15) is 6.42 Å². The van der Waals surface area contributed by atoms with E-state index in [9.17, 15) is 14.4 Å². The third kappa shape index (κ3) is 3.86. The van der Waals surface area contributed by atoms with Crippen molar-refractivity contribution in [2.75, 3.05) is 5.75 Å². The summed E-state index contributed by atoms with van der Waals surface area (Å²) in [7, 11) is 0. The average Bonchev–Trinajstić information content (AvgIpc) is 2.13. The molecule has 0 saturated heterocycles. The molecule has 6 nitrogen and oxygen atoms in total. The van der Waals surface area contributed by atoms with Crippen LogP contribution in [0.15, 0.2) is 0 Å². The van der Waals surface area contributed by atoms with Gasteiger partial charge in [-0.2, -0.15) is 12.6 Å². The lowest BCUT2D eigenvalue weighted by Crippen LogP contribution is -2.46. The lowest BCUT2D eigenvalue weighted by atomic mass is 10.0. The first-order valence-electron chi connectivity index (χ1n) is 3.88. The molecule has 6 N–H and O–H groups in total. The highest BCUT2D eigenvalue weighted by Gasteiger charge is 2.26. The van der Waals surface area contributed by atoms with Crippen molar-refractivity contribution in [3.63, 3.8) is 0 Å². The van der Waals surface area contributed by atoms with Crippen LogP contribution in [0.25, 0.3) is 0 Å². The van der Waals surface area contributed by atoms with Crippen molar-refractivity contribution in [1.82, 2.24) is 0 Å². The summed E-state index contributed by atoms with van der Waals surface area (Å²) in [6, 6.07) is -2.18. The predicted octanol–water partition coefficient (Wildman–Crippen LogP) is -2.42. The number of amides is 1. The van der Waals surface area contributed by atoms with E-state index in [4.69, 9.17) is 17.2 Å². The molecule has 1 amide bonds. The summed E-state index contributed by atoms with van der Waals surface area (Å²) in [6.45, 7) is 0. The number of rotatable bonds is 6. The molecule has 0 radical (unpaired) electrons. The summed E-state index contributed by atoms with van der Waals surface area (Å²) in [6.07, 6.45) is -0.357. The van der Waals surface area contributed by atoms with Crippen molar-refractivity contribution in [3.8, 4) is 0 Å². The Balaban J connectivity index is 4.32. The molecule has 0 spiro atoms. The van der Waals surface area contributed by atoms with Crippen LogP contribution in [0.2, 0.25) is 0 Å². The first kappa shape index (κ1) is 13.1. The van der Waals surface area contributed by atoms with Gasteiger partial charge in [-0.3, -0.25) is 14.4 Å². The van der Waals surface area contributed by atoms with Gasteiger partial charge in [0.15, 0.2) is 0 Å². The van der Waals surface area contributed by atoms with Crippen LogP contribution < -0.4 is 17.2 Å². The summed E-state index contributed by atoms with van der Waals surface area (Å²) in [4.78, 5) is 32.7. The van der Waals surface area contributed by atoms with Gasteiger partial charge in [-0.05, 0) is 0 Å². The molecule has 0 aliphatic carbocycles. The Morgan fingerprint density at radius 2 is 1.50 bits per heavy atom. The molecule has 0 bridgehead atoms. The smallest absolute Gasteiger partial charge is 0.219 e. The number of thiol groups is 1. The second-order valence-electron chi connectivity index (χ2n) is 2.79. The van der Waals surface area contributed by atoms with Gasteiger partial charge >= 0.3 is 0 Å². The lowest BCUT2D eigenvalue weighted by molar-refractivity contribution is -0.138. The van der Waals surface area contributed by atoms with Gasteiger partial charge in [-0.25, -0.2) is 0 Å². The zero-order valence-corrected chi connectivity index (χ0v) is 8.37. The van der Waals surface area contributed by atoms with E-state index in [2.05, 4.69) is 12.6 Å². The number of carbonyl (C=O) groups excluding carboxylic acids is 3. The van der Waals surface area contributed by atoms with E-state index in [1.165, 1.54) is 0 Å². The van der Waals surface area contributed by atoms with Crippen LogP contribution in [0.4, 0.5) is 0 Å². The molecule has 0 aromatic rings. The number of hydrogen-bond donors (Lipinski definition) is 4. The van der Waals surface area contributed by atoms with Gasteiger partial charge in [0.2, 0.25) is 17.5 Å². The van der Waals surface area contributed by atoms with E-state index in [1.54, 1.807) is 0 Å². The standard InChI is InChI=1S/C7H13N3O3S/c8-3(1-5(10)11)6(12)7(13)4(9)2-14/h3-4,14H,1-2,8-9H2,(H2,10,11)/t3-,4-/m0/s1. The maximum Gasteiger partial charge on any atom is 0.219 e. The van der Waals surface area contributed by atoms with Crippen molar-refractivity contribution < 1.29 is 14.4 Å². The van der Waals surface area contributed by atoms with Gasteiger partial charge < -0.3 is 17.2 Å². The van der Waals surface area contributed by atoms with Crippen molar-refractivity contribution in [2.24, 2.45) is 17.2 Å². The minimum Gasteiger partial charge on any atom is -0.370 e. The molecule has 0 aromatic heterocycles. The second-order valence-corrected chi connectivity index (χ2v) is 3.16. The number of nitrogens with two attached hydrogens (primary N) is 3. The van der Waals surface area contributed by atoms with Crippen molar-refractivity contribution in [1.29, 1.82) is 0 Å². The Morgan fingerprint density at radius 3 is 1.86 bits per heavy atom. The molecular weight excluding hydrogens is 206 g/mol. The van der Waals surface area contributed by atoms with Crippen molar-refractivity contribution >= 4 is 30.1 Å². The summed E-state index contributed by atoms with van der Waals surface area (Å²) < 4.78 is 0. The molecule has 0 fully saturated rings. The Hall–Kier alpha value is -0.920. The van der Waals surface area contributed by atoms with Gasteiger partial charge in [-0.15, -0.1) is 0 Å². The first-order valence-corrected chi connectivity index (χ1v) is 4.51. The molecule has 0 heterocycles. The van der Waals surface area contributed by atoms with Gasteiger partial charge in [-0.1, -0.05) is 0 Å². The van der Waals surface area contributed by atoms with E-state index in [0.717, 1.165) is 0 Å². The molecular formula is C7H13N3O3S. The van der Waals surface area contributed by atoms with Crippen LogP contribution >= 0.6 is 12.6 Å². The summed E-state index contributed by atoms with van der Waals surface area (Å²) in [5.74, 6) is -2.40. The Morgan fingerprint density at radius 1 is 1.07 bits per heavy atom. The Kier molecular flexibility index (Phi) is 5.36. The van der Waals surface area contributed by atoms with E-state index >= 15 is 0 Å². The van der Waals surface area contributed by atoms with Crippen LogP contribution in [0.5, 0.6) is 0 Å². The van der Waals surface area contributed by atoms with Gasteiger partial charge in [0.25, 0.3) is 0 Å². The van der Waals surface area contributed by atoms with Gasteiger partial charge in [0.1, 0.15) is 0 Å². The minimum absolute atomic E-state index is 0.0495. The molecule has 14 heavy (non-hydrogen) atoms. The molecule has 2 atom stereocenters. The molecule has 7 heteroatoms. The van der Waals surface area contributed by atoms with Crippen molar-refractivity contribution in [2.45, 2.75) is 18.5 Å². The third-order valence-corrected chi connectivity index (χ3v) is 1.93. The molecule has 0 aliphatic rings. The van der Waals surface area contributed by atoms with E-state index < -0.39 is 29.6 Å². The fraction of sp³-hybridized carbons (Fsp3) is 0.571. The minimum atomic E-state index is -1.20. The lowest BCUT2D eigenvalue weighted by Gasteiger charge is -2.10. The summed E-state index contributed by atoms with van der Waals surface area (Å²) in [5.41, 5.74) is 15.3. The first-order chi connectivity index (χ1) is 6.40. The highest BCUT2D eigenvalue weighted by molar-refractivity contribution is 7.80. The average molecular weight is 219 g/mol. The van der Waals surface area contributed by atoms with Crippen LogP contribution in [-0.2, 0) is 14.4 Å². The second kappa shape index (κ2) is 5.74. The predicted molar refractivity (Wildman–Crippen MR) is 53.6 cm³/mol. The highest BCUT2D eigenvalue weighted by atomic mass is 32.1. The molecule has 80 valence electrons. The van der Waals surface area contributed by atoms with E-state index in [0.29, 0.717) is 0 Å². The summed E-state index contributed by atoms with van der Waals surface area (Å²) >= 11 is 3.76. The number of primary amides is 1. The third-order valence-electron chi connectivity index (χ3n) is 1.53. The Bertz CT molecular complexity index is 257. The zero-order valence-electron chi connectivity index (χ0n) is 7.47. The maximum absolute atomic E-state index is 11.2. The van der Waals surface area contributed by atoms with Crippen LogP contribution in [0.3, 0.4) is 0 Å². The highest BCUT2D eigenvalue weighted by Crippen LogP contribution is 1.95. The van der Waals surface area contributed by atoms with E-state index in [-0.39, 0.29) is 12.2 Å².